The molecule has 8 heteroatoms. The van der Waals surface area contributed by atoms with Crippen LogP contribution < -0.4 is 11.5 Å². The molecule has 0 aliphatic carbocycles. The van der Waals surface area contributed by atoms with Gasteiger partial charge in [0.25, 0.3) is 5.91 Å². The molecule has 6 nitrogen and oxygen atoms in total. The van der Waals surface area contributed by atoms with Crippen LogP contribution in [0.1, 0.15) is 41.3 Å². The van der Waals surface area contributed by atoms with Gasteiger partial charge >= 0.3 is 0 Å². The highest BCUT2D eigenvalue weighted by Crippen LogP contribution is 2.34. The molecule has 0 atom stereocenters. The minimum atomic E-state index is -3.58. The summed E-state index contributed by atoms with van der Waals surface area (Å²) in [4.78, 5) is 16.0. The molecule has 0 heterocycles. The van der Waals surface area contributed by atoms with Crippen molar-refractivity contribution in [1.82, 2.24) is 0 Å². The third-order valence-electron chi connectivity index (χ3n) is 4.00. The zero-order valence-electron chi connectivity index (χ0n) is 15.7. The van der Waals surface area contributed by atoms with E-state index in [1.807, 2.05) is 45.0 Å². The SMILES string of the molecule is Cc1ccc(-c2cc(C(C)C)c(C(=O)N=C(N)N)cc2S(C)(=O)=O)cc1.Cl. The number of carbonyl (C=O) groups is 1. The molecule has 0 aliphatic heterocycles. The molecule has 0 saturated carbocycles. The number of aliphatic imine (C=N–C) groups is 1. The molecule has 4 N–H and O–H groups in total. The molecular formula is C19H24ClN3O3S. The van der Waals surface area contributed by atoms with Crippen molar-refractivity contribution < 1.29 is 13.2 Å². The molecule has 0 unspecified atom stereocenters. The highest BCUT2D eigenvalue weighted by molar-refractivity contribution is 7.90. The Hall–Kier alpha value is -2.38. The lowest BCUT2D eigenvalue weighted by Crippen LogP contribution is -2.24. The van der Waals surface area contributed by atoms with E-state index in [1.165, 1.54) is 6.07 Å². The number of benzene rings is 2. The largest absolute Gasteiger partial charge is 0.370 e. The predicted octanol–water partition coefficient (Wildman–Crippen LogP) is 3.02. The maximum atomic E-state index is 12.4. The van der Waals surface area contributed by atoms with Crippen molar-refractivity contribution in [2.24, 2.45) is 16.5 Å². The van der Waals surface area contributed by atoms with E-state index < -0.39 is 15.7 Å². The second-order valence-electron chi connectivity index (χ2n) is 6.57. The molecule has 27 heavy (non-hydrogen) atoms. The van der Waals surface area contributed by atoms with Crippen LogP contribution in [0.25, 0.3) is 11.1 Å². The van der Waals surface area contributed by atoms with Crippen molar-refractivity contribution in [1.29, 1.82) is 0 Å². The zero-order chi connectivity index (χ0) is 19.6. The van der Waals surface area contributed by atoms with E-state index in [0.717, 1.165) is 17.4 Å². The Morgan fingerprint density at radius 1 is 1.07 bits per heavy atom. The number of hydrogen-bond acceptors (Lipinski definition) is 3. The maximum absolute atomic E-state index is 12.4. The van der Waals surface area contributed by atoms with E-state index in [0.29, 0.717) is 11.1 Å². The number of hydrogen-bond donors (Lipinski definition) is 2. The van der Waals surface area contributed by atoms with Gasteiger partial charge in [0.2, 0.25) is 0 Å². The van der Waals surface area contributed by atoms with Crippen molar-refractivity contribution in [2.45, 2.75) is 31.6 Å². The predicted molar refractivity (Wildman–Crippen MR) is 111 cm³/mol. The number of nitrogens with two attached hydrogens (primary N) is 2. The quantitative estimate of drug-likeness (QED) is 0.594. The lowest BCUT2D eigenvalue weighted by molar-refractivity contribution is 0.100. The van der Waals surface area contributed by atoms with Gasteiger partial charge in [0.05, 0.1) is 4.90 Å². The number of nitrogens with zero attached hydrogens (tertiary/aromatic N) is 1. The van der Waals surface area contributed by atoms with E-state index in [9.17, 15) is 13.2 Å². The lowest BCUT2D eigenvalue weighted by Gasteiger charge is -2.17. The maximum Gasteiger partial charge on any atom is 0.280 e. The highest BCUT2D eigenvalue weighted by atomic mass is 35.5. The van der Waals surface area contributed by atoms with Crippen molar-refractivity contribution in [3.05, 3.63) is 53.1 Å². The molecule has 0 fully saturated rings. The normalized spacial score (nSPS) is 11.0. The van der Waals surface area contributed by atoms with Crippen LogP contribution in [-0.4, -0.2) is 26.5 Å². The van der Waals surface area contributed by atoms with Crippen molar-refractivity contribution >= 4 is 34.1 Å². The Balaban J connectivity index is 0.00000364. The molecule has 146 valence electrons. The fraction of sp³-hybridized carbons (Fsp3) is 0.263. The molecule has 0 aliphatic rings. The zero-order valence-corrected chi connectivity index (χ0v) is 17.3. The first-order valence-electron chi connectivity index (χ1n) is 8.09. The van der Waals surface area contributed by atoms with E-state index in [1.54, 1.807) is 6.07 Å². The Bertz CT molecular complexity index is 978. The van der Waals surface area contributed by atoms with Crippen molar-refractivity contribution in [3.8, 4) is 11.1 Å². The summed E-state index contributed by atoms with van der Waals surface area (Å²) < 4.78 is 24.8. The third kappa shape index (κ3) is 5.30. The first-order valence-corrected chi connectivity index (χ1v) is 9.99. The van der Waals surface area contributed by atoms with Gasteiger partial charge in [-0.2, -0.15) is 4.99 Å². The van der Waals surface area contributed by atoms with Crippen LogP contribution in [-0.2, 0) is 9.84 Å². The molecule has 2 aromatic rings. The molecular weight excluding hydrogens is 386 g/mol. The molecule has 0 radical (unpaired) electrons. The number of carbonyl (C=O) groups excluding carboxylic acids is 1. The summed E-state index contributed by atoms with van der Waals surface area (Å²) in [7, 11) is -3.58. The number of rotatable bonds is 4. The third-order valence-corrected chi connectivity index (χ3v) is 5.13. The number of sulfone groups is 1. The first-order chi connectivity index (χ1) is 12.0. The number of halogens is 1. The Kier molecular flexibility index (Phi) is 7.17. The summed E-state index contributed by atoms with van der Waals surface area (Å²) in [6, 6.07) is 10.7. The average Bonchev–Trinajstić information content (AvgIpc) is 2.52. The van der Waals surface area contributed by atoms with Gasteiger partial charge in [0.1, 0.15) is 0 Å². The van der Waals surface area contributed by atoms with Crippen LogP contribution in [0.4, 0.5) is 0 Å². The number of amides is 1. The van der Waals surface area contributed by atoms with E-state index >= 15 is 0 Å². The summed E-state index contributed by atoms with van der Waals surface area (Å²) in [6.45, 7) is 5.79. The molecule has 0 bridgehead atoms. The van der Waals surface area contributed by atoms with Gasteiger partial charge in [-0.1, -0.05) is 43.7 Å². The second-order valence-corrected chi connectivity index (χ2v) is 8.55. The summed E-state index contributed by atoms with van der Waals surface area (Å²) in [5.41, 5.74) is 13.9. The fourth-order valence-electron chi connectivity index (χ4n) is 2.70. The van der Waals surface area contributed by atoms with Gasteiger partial charge in [-0.05, 0) is 36.1 Å². The van der Waals surface area contributed by atoms with Crippen LogP contribution in [0.15, 0.2) is 46.3 Å². The van der Waals surface area contributed by atoms with Crippen LogP contribution in [0, 0.1) is 6.92 Å². The standard InChI is InChI=1S/C19H23N3O3S.ClH/c1-11(2)14-9-15(13-7-5-12(3)6-8-13)17(26(4,24)25)10-16(14)18(23)22-19(20)21;/h5-11H,1-4H3,(H4,20,21,22,23);1H. The fourth-order valence-corrected chi connectivity index (χ4v) is 3.61. The van der Waals surface area contributed by atoms with Crippen LogP contribution in [0.3, 0.4) is 0 Å². The minimum absolute atomic E-state index is 0. The molecule has 2 rings (SSSR count). The van der Waals surface area contributed by atoms with Gasteiger partial charge in [-0.3, -0.25) is 4.79 Å². The van der Waals surface area contributed by atoms with Gasteiger partial charge in [0.15, 0.2) is 15.8 Å². The molecule has 1 amide bonds. The van der Waals surface area contributed by atoms with Crippen LogP contribution in [0.5, 0.6) is 0 Å². The van der Waals surface area contributed by atoms with Crippen LogP contribution >= 0.6 is 12.4 Å². The highest BCUT2D eigenvalue weighted by Gasteiger charge is 2.22. The van der Waals surface area contributed by atoms with Crippen LogP contribution in [0.2, 0.25) is 0 Å². The summed E-state index contributed by atoms with van der Waals surface area (Å²) in [5.74, 6) is -1.05. The van der Waals surface area contributed by atoms with Gasteiger partial charge < -0.3 is 11.5 Å². The Morgan fingerprint density at radius 3 is 2.07 bits per heavy atom. The Labute approximate surface area is 166 Å². The van der Waals surface area contributed by atoms with E-state index in [2.05, 4.69) is 4.99 Å². The number of guanidine groups is 1. The summed E-state index contributed by atoms with van der Waals surface area (Å²) in [5, 5.41) is 0. The van der Waals surface area contributed by atoms with Crippen molar-refractivity contribution in [2.75, 3.05) is 6.26 Å². The monoisotopic (exact) mass is 409 g/mol. The van der Waals surface area contributed by atoms with Gasteiger partial charge in [-0.25, -0.2) is 8.42 Å². The van der Waals surface area contributed by atoms with Gasteiger partial charge in [0, 0.05) is 17.4 Å². The van der Waals surface area contributed by atoms with E-state index in [4.69, 9.17) is 11.5 Å². The average molecular weight is 410 g/mol. The van der Waals surface area contributed by atoms with Crippen molar-refractivity contribution in [3.63, 3.8) is 0 Å². The molecule has 0 spiro atoms. The molecule has 0 aromatic heterocycles. The smallest absolute Gasteiger partial charge is 0.280 e. The van der Waals surface area contributed by atoms with Gasteiger partial charge in [-0.15, -0.1) is 12.4 Å². The minimum Gasteiger partial charge on any atom is -0.370 e. The lowest BCUT2D eigenvalue weighted by atomic mass is 9.92. The summed E-state index contributed by atoms with van der Waals surface area (Å²) >= 11 is 0. The first kappa shape index (κ1) is 22.7. The molecule has 2 aromatic carbocycles. The second kappa shape index (κ2) is 8.54. The Morgan fingerprint density at radius 2 is 1.63 bits per heavy atom. The summed E-state index contributed by atoms with van der Waals surface area (Å²) in [6.07, 6.45) is 1.11. The number of aryl methyl sites for hydroxylation is 1. The van der Waals surface area contributed by atoms with E-state index in [-0.39, 0.29) is 34.7 Å². The topological polar surface area (TPSA) is 116 Å². The molecule has 0 saturated heterocycles.